The van der Waals surface area contributed by atoms with Crippen LogP contribution in [0.5, 0.6) is 0 Å². The maximum atomic E-state index is 12.3. The molecule has 0 amide bonds. The van der Waals surface area contributed by atoms with Gasteiger partial charge in [0.2, 0.25) is 10.0 Å². The van der Waals surface area contributed by atoms with E-state index < -0.39 is 10.0 Å². The Morgan fingerprint density at radius 2 is 2.30 bits per heavy atom. The number of nitrogens with one attached hydrogen (secondary N) is 2. The monoisotopic (exact) mass is 301 g/mol. The number of sulfonamides is 1. The summed E-state index contributed by atoms with van der Waals surface area (Å²) in [6.45, 7) is 4.10. The molecule has 0 spiro atoms. The highest BCUT2D eigenvalue weighted by atomic mass is 32.2. The zero-order chi connectivity index (χ0) is 14.4. The minimum atomic E-state index is -3.62. The van der Waals surface area contributed by atoms with Gasteiger partial charge in [0.15, 0.2) is 0 Å². The molecule has 8 heteroatoms. The van der Waals surface area contributed by atoms with E-state index in [1.54, 1.807) is 12.3 Å². The lowest BCUT2D eigenvalue weighted by Crippen LogP contribution is -2.39. The number of ether oxygens (including phenoxy) is 2. The summed E-state index contributed by atoms with van der Waals surface area (Å²) in [5.74, 6) is 0.350. The highest BCUT2D eigenvalue weighted by Crippen LogP contribution is 2.17. The smallest absolute Gasteiger partial charge is 0.244 e. The number of nitrogens with zero attached hydrogens (tertiary/aromatic N) is 1. The lowest BCUT2D eigenvalue weighted by atomic mass is 10.3. The molecule has 0 aliphatic carbocycles. The third-order valence-electron chi connectivity index (χ3n) is 2.79. The van der Waals surface area contributed by atoms with Gasteiger partial charge in [-0.05, 0) is 19.1 Å². The predicted molar refractivity (Wildman–Crippen MR) is 74.1 cm³/mol. The van der Waals surface area contributed by atoms with Gasteiger partial charge in [-0.15, -0.1) is 0 Å². The first-order chi connectivity index (χ1) is 9.63. The highest BCUT2D eigenvalue weighted by Gasteiger charge is 2.22. The molecule has 0 saturated carbocycles. The Bertz CT molecular complexity index is 529. The van der Waals surface area contributed by atoms with Crippen LogP contribution in [0.2, 0.25) is 0 Å². The Balaban J connectivity index is 2.05. The first kappa shape index (κ1) is 15.2. The molecule has 2 N–H and O–H groups in total. The minimum Gasteiger partial charge on any atom is -0.376 e. The Hall–Kier alpha value is -1.22. The third kappa shape index (κ3) is 3.89. The van der Waals surface area contributed by atoms with Crippen LogP contribution in [-0.2, 0) is 19.5 Å². The normalized spacial score (nSPS) is 19.8. The van der Waals surface area contributed by atoms with E-state index in [1.807, 2.05) is 6.92 Å². The Labute approximate surface area is 118 Å². The molecule has 1 aliphatic heterocycles. The van der Waals surface area contributed by atoms with E-state index in [2.05, 4.69) is 15.0 Å². The van der Waals surface area contributed by atoms with Crippen molar-refractivity contribution in [3.05, 3.63) is 18.3 Å². The number of anilines is 1. The van der Waals surface area contributed by atoms with Gasteiger partial charge in [-0.3, -0.25) is 0 Å². The summed E-state index contributed by atoms with van der Waals surface area (Å²) < 4.78 is 37.7. The fourth-order valence-corrected chi connectivity index (χ4v) is 3.04. The lowest BCUT2D eigenvalue weighted by molar-refractivity contribution is -0.0846. The van der Waals surface area contributed by atoms with E-state index in [9.17, 15) is 8.42 Å². The number of hydrogen-bond acceptors (Lipinski definition) is 6. The average molecular weight is 301 g/mol. The van der Waals surface area contributed by atoms with Gasteiger partial charge in [0.1, 0.15) is 10.7 Å². The average Bonchev–Trinajstić information content (AvgIpc) is 2.47. The van der Waals surface area contributed by atoms with E-state index in [-0.39, 0.29) is 17.5 Å². The number of aromatic nitrogens is 1. The zero-order valence-corrected chi connectivity index (χ0v) is 12.1. The van der Waals surface area contributed by atoms with E-state index in [0.29, 0.717) is 32.2 Å². The molecule has 1 aliphatic rings. The topological polar surface area (TPSA) is 89.6 Å². The second kappa shape index (κ2) is 6.98. The predicted octanol–water partition coefficient (Wildman–Crippen LogP) is 0.207. The molecule has 1 atom stereocenters. The van der Waals surface area contributed by atoms with E-state index in [4.69, 9.17) is 9.47 Å². The molecule has 2 heterocycles. The second-order valence-corrected chi connectivity index (χ2v) is 6.04. The Morgan fingerprint density at radius 1 is 1.45 bits per heavy atom. The van der Waals surface area contributed by atoms with Crippen LogP contribution in [0.1, 0.15) is 6.92 Å². The Morgan fingerprint density at radius 3 is 3.00 bits per heavy atom. The molecule has 2 rings (SSSR count). The van der Waals surface area contributed by atoms with Gasteiger partial charge in [0.05, 0.1) is 25.9 Å². The van der Waals surface area contributed by atoms with Gasteiger partial charge in [-0.25, -0.2) is 18.1 Å². The summed E-state index contributed by atoms with van der Waals surface area (Å²) in [6, 6.07) is 3.11. The van der Waals surface area contributed by atoms with Gasteiger partial charge in [-0.1, -0.05) is 0 Å². The third-order valence-corrected chi connectivity index (χ3v) is 4.25. The Kier molecular flexibility index (Phi) is 5.30. The molecular weight excluding hydrogens is 282 g/mol. The number of hydrogen-bond donors (Lipinski definition) is 2. The maximum absolute atomic E-state index is 12.3. The van der Waals surface area contributed by atoms with Crippen molar-refractivity contribution in [2.75, 3.05) is 38.2 Å². The number of rotatable bonds is 6. The van der Waals surface area contributed by atoms with Gasteiger partial charge in [-0.2, -0.15) is 0 Å². The van der Waals surface area contributed by atoms with Crippen LogP contribution in [0.15, 0.2) is 23.2 Å². The molecule has 1 aromatic rings. The van der Waals surface area contributed by atoms with Crippen LogP contribution in [0, 0.1) is 0 Å². The molecule has 0 bridgehead atoms. The van der Waals surface area contributed by atoms with Gasteiger partial charge in [0, 0.05) is 19.3 Å². The lowest BCUT2D eigenvalue weighted by Gasteiger charge is -2.23. The van der Waals surface area contributed by atoms with Crippen LogP contribution < -0.4 is 10.0 Å². The van der Waals surface area contributed by atoms with Crippen molar-refractivity contribution in [2.45, 2.75) is 17.9 Å². The quantitative estimate of drug-likeness (QED) is 0.780. The largest absolute Gasteiger partial charge is 0.376 e. The van der Waals surface area contributed by atoms with Crippen LogP contribution >= 0.6 is 0 Å². The van der Waals surface area contributed by atoms with Crippen LogP contribution in [0.3, 0.4) is 0 Å². The molecule has 0 aromatic carbocycles. The first-order valence-corrected chi connectivity index (χ1v) is 7.99. The van der Waals surface area contributed by atoms with Crippen molar-refractivity contribution in [3.8, 4) is 0 Å². The molecule has 112 valence electrons. The van der Waals surface area contributed by atoms with Gasteiger partial charge in [0.25, 0.3) is 0 Å². The highest BCUT2D eigenvalue weighted by molar-refractivity contribution is 7.89. The molecule has 1 aromatic heterocycles. The van der Waals surface area contributed by atoms with Crippen molar-refractivity contribution < 1.29 is 17.9 Å². The summed E-state index contributed by atoms with van der Waals surface area (Å²) in [5.41, 5.74) is 0. The summed E-state index contributed by atoms with van der Waals surface area (Å²) in [4.78, 5) is 4.18. The van der Waals surface area contributed by atoms with E-state index in [0.717, 1.165) is 0 Å². The standard InChI is InChI=1S/C12H19N3O4S/c1-2-13-12-11(4-3-5-14-12)20(16,17)15-8-10-9-18-6-7-19-10/h3-5,10,15H,2,6-9H2,1H3,(H,13,14). The molecule has 1 fully saturated rings. The zero-order valence-electron chi connectivity index (χ0n) is 11.3. The van der Waals surface area contributed by atoms with Crippen molar-refractivity contribution in [1.82, 2.24) is 9.71 Å². The van der Waals surface area contributed by atoms with Crippen LogP contribution in [-0.4, -0.2) is 52.4 Å². The summed E-state index contributed by atoms with van der Waals surface area (Å²) in [5, 5.41) is 2.93. The van der Waals surface area contributed by atoms with Gasteiger partial charge < -0.3 is 14.8 Å². The van der Waals surface area contributed by atoms with Crippen molar-refractivity contribution >= 4 is 15.8 Å². The van der Waals surface area contributed by atoms with Gasteiger partial charge >= 0.3 is 0 Å². The molecule has 1 saturated heterocycles. The summed E-state index contributed by atoms with van der Waals surface area (Å²) in [6.07, 6.45) is 1.30. The number of pyridine rings is 1. The SMILES string of the molecule is CCNc1ncccc1S(=O)(=O)NCC1COCCO1. The minimum absolute atomic E-state index is 0.138. The van der Waals surface area contributed by atoms with Crippen molar-refractivity contribution in [2.24, 2.45) is 0 Å². The molecular formula is C12H19N3O4S. The fourth-order valence-electron chi connectivity index (χ4n) is 1.84. The molecule has 7 nitrogen and oxygen atoms in total. The van der Waals surface area contributed by atoms with Crippen LogP contribution in [0.4, 0.5) is 5.82 Å². The van der Waals surface area contributed by atoms with Crippen LogP contribution in [0.25, 0.3) is 0 Å². The molecule has 0 radical (unpaired) electrons. The molecule has 1 unspecified atom stereocenters. The first-order valence-electron chi connectivity index (χ1n) is 6.51. The summed E-state index contributed by atoms with van der Waals surface area (Å²) in [7, 11) is -3.62. The maximum Gasteiger partial charge on any atom is 0.244 e. The summed E-state index contributed by atoms with van der Waals surface area (Å²) >= 11 is 0. The second-order valence-electron chi connectivity index (χ2n) is 4.30. The molecule has 20 heavy (non-hydrogen) atoms. The van der Waals surface area contributed by atoms with Crippen molar-refractivity contribution in [1.29, 1.82) is 0 Å². The van der Waals surface area contributed by atoms with E-state index in [1.165, 1.54) is 6.07 Å². The van der Waals surface area contributed by atoms with E-state index >= 15 is 0 Å². The fraction of sp³-hybridized carbons (Fsp3) is 0.583. The van der Waals surface area contributed by atoms with Crippen molar-refractivity contribution in [3.63, 3.8) is 0 Å².